The van der Waals surface area contributed by atoms with Crippen LogP contribution in [0.2, 0.25) is 0 Å². The summed E-state index contributed by atoms with van der Waals surface area (Å²) in [6, 6.07) is 25.7. The third kappa shape index (κ3) is 4.66. The molecule has 43 heavy (non-hydrogen) atoms. The first kappa shape index (κ1) is 25.8. The Balaban J connectivity index is 0.973. The molecule has 0 aliphatic carbocycles. The topological polar surface area (TPSA) is 86.8 Å². The lowest BCUT2D eigenvalue weighted by molar-refractivity contribution is -0.0240. The molecule has 0 bridgehead atoms. The largest absolute Gasteiger partial charge is 0.356 e. The molecular weight excluding hydrogens is 532 g/mol. The SMILES string of the molecule is N#Cc1nccc(N2CCC3(CC2)CN(Cc2ccc(-c4nc5n(c4-c4ccccc4)CCc4ccncc4-5)cc2)C3)n1. The summed E-state index contributed by atoms with van der Waals surface area (Å²) < 4.78 is 2.38. The number of likely N-dealkylation sites (tertiary alicyclic amines) is 1. The summed E-state index contributed by atoms with van der Waals surface area (Å²) in [6.07, 6.45) is 8.81. The van der Waals surface area contributed by atoms with Gasteiger partial charge < -0.3 is 9.47 Å². The maximum absolute atomic E-state index is 9.14. The van der Waals surface area contributed by atoms with Crippen molar-refractivity contribution in [2.45, 2.75) is 32.4 Å². The number of nitriles is 1. The molecule has 212 valence electrons. The van der Waals surface area contributed by atoms with Gasteiger partial charge >= 0.3 is 0 Å². The highest BCUT2D eigenvalue weighted by Gasteiger charge is 2.44. The Kier molecular flexibility index (Phi) is 6.27. The average molecular weight is 565 g/mol. The van der Waals surface area contributed by atoms with E-state index in [4.69, 9.17) is 10.2 Å². The van der Waals surface area contributed by atoms with Gasteiger partial charge in [0.1, 0.15) is 17.7 Å². The van der Waals surface area contributed by atoms with Crippen molar-refractivity contribution in [3.8, 4) is 40.0 Å². The standard InChI is InChI=1S/C35H32N8/c36-20-30-38-16-11-31(39-30)42-18-13-35(14-19-42)23-41(24-35)22-25-6-8-27(9-7-25)32-33(28-4-2-1-3-5-28)43-17-12-26-10-15-37-21-29(26)34(43)40-32/h1-11,15-16,21H,12-14,17-19,22-24H2. The Morgan fingerprint density at radius 2 is 1.65 bits per heavy atom. The molecule has 2 aromatic carbocycles. The van der Waals surface area contributed by atoms with Crippen molar-refractivity contribution in [2.75, 3.05) is 31.1 Å². The molecular formula is C35H32N8. The molecule has 3 aliphatic heterocycles. The molecule has 8 nitrogen and oxygen atoms in total. The van der Waals surface area contributed by atoms with Crippen LogP contribution in [0.5, 0.6) is 0 Å². The van der Waals surface area contributed by atoms with E-state index in [1.807, 2.05) is 24.5 Å². The number of hydrogen-bond acceptors (Lipinski definition) is 7. The summed E-state index contributed by atoms with van der Waals surface area (Å²) in [4.78, 5) is 22.9. The van der Waals surface area contributed by atoms with Crippen molar-refractivity contribution in [3.63, 3.8) is 0 Å². The van der Waals surface area contributed by atoms with Crippen LogP contribution in [-0.2, 0) is 19.5 Å². The Labute approximate surface area is 251 Å². The first-order chi connectivity index (χ1) is 21.2. The van der Waals surface area contributed by atoms with Crippen LogP contribution in [-0.4, -0.2) is 55.6 Å². The monoisotopic (exact) mass is 564 g/mol. The molecule has 3 aliphatic rings. The average Bonchev–Trinajstić information content (AvgIpc) is 3.45. The fourth-order valence-electron chi connectivity index (χ4n) is 7.19. The van der Waals surface area contributed by atoms with Gasteiger partial charge in [-0.15, -0.1) is 0 Å². The molecule has 0 saturated carbocycles. The van der Waals surface area contributed by atoms with Crippen molar-refractivity contribution < 1.29 is 0 Å². The van der Waals surface area contributed by atoms with Crippen molar-refractivity contribution >= 4 is 5.82 Å². The number of rotatable bonds is 5. The van der Waals surface area contributed by atoms with E-state index >= 15 is 0 Å². The number of benzene rings is 2. The van der Waals surface area contributed by atoms with Gasteiger partial charge in [0.15, 0.2) is 0 Å². The van der Waals surface area contributed by atoms with Crippen LogP contribution in [0.3, 0.4) is 0 Å². The number of aromatic nitrogens is 5. The molecule has 0 atom stereocenters. The zero-order chi connectivity index (χ0) is 28.8. The van der Waals surface area contributed by atoms with Crippen LogP contribution >= 0.6 is 0 Å². The van der Waals surface area contributed by atoms with Gasteiger partial charge in [-0.05, 0) is 47.9 Å². The number of piperidine rings is 1. The minimum atomic E-state index is 0.241. The molecule has 1 spiro atoms. The summed E-state index contributed by atoms with van der Waals surface area (Å²) in [7, 11) is 0. The second kappa shape index (κ2) is 10.4. The van der Waals surface area contributed by atoms with Crippen molar-refractivity contribution in [1.29, 1.82) is 5.26 Å². The van der Waals surface area contributed by atoms with Crippen molar-refractivity contribution in [1.82, 2.24) is 29.4 Å². The predicted octanol–water partition coefficient (Wildman–Crippen LogP) is 5.60. The molecule has 6 heterocycles. The molecule has 5 aromatic rings. The summed E-state index contributed by atoms with van der Waals surface area (Å²) in [5.41, 5.74) is 8.73. The smallest absolute Gasteiger partial charge is 0.234 e. The van der Waals surface area contributed by atoms with Gasteiger partial charge in [-0.3, -0.25) is 9.88 Å². The zero-order valence-corrected chi connectivity index (χ0v) is 24.0. The van der Waals surface area contributed by atoms with E-state index in [9.17, 15) is 0 Å². The first-order valence-corrected chi connectivity index (χ1v) is 15.1. The van der Waals surface area contributed by atoms with Gasteiger partial charge in [0, 0.05) is 74.5 Å². The maximum atomic E-state index is 9.14. The quantitative estimate of drug-likeness (QED) is 0.275. The predicted molar refractivity (Wildman–Crippen MR) is 166 cm³/mol. The van der Waals surface area contributed by atoms with Gasteiger partial charge in [0.25, 0.3) is 0 Å². The summed E-state index contributed by atoms with van der Waals surface area (Å²) in [5, 5.41) is 9.14. The lowest BCUT2D eigenvalue weighted by Gasteiger charge is -2.54. The second-order valence-electron chi connectivity index (χ2n) is 12.1. The Morgan fingerprint density at radius 1 is 0.837 bits per heavy atom. The number of imidazole rings is 1. The lowest BCUT2D eigenvalue weighted by Crippen LogP contribution is -2.59. The van der Waals surface area contributed by atoms with E-state index in [2.05, 4.69) is 90.0 Å². The van der Waals surface area contributed by atoms with E-state index in [0.717, 1.165) is 87.0 Å². The number of nitrogens with zero attached hydrogens (tertiary/aromatic N) is 8. The van der Waals surface area contributed by atoms with Crippen molar-refractivity contribution in [3.05, 3.63) is 102 Å². The fraction of sp³-hybridized carbons (Fsp3) is 0.286. The van der Waals surface area contributed by atoms with Gasteiger partial charge in [-0.25, -0.2) is 15.0 Å². The molecule has 0 unspecified atom stereocenters. The highest BCUT2D eigenvalue weighted by Crippen LogP contribution is 2.42. The van der Waals surface area contributed by atoms with Crippen LogP contribution < -0.4 is 4.90 Å². The Morgan fingerprint density at radius 3 is 2.44 bits per heavy atom. The molecule has 2 fully saturated rings. The lowest BCUT2D eigenvalue weighted by atomic mass is 9.72. The summed E-state index contributed by atoms with van der Waals surface area (Å²) >= 11 is 0. The van der Waals surface area contributed by atoms with Gasteiger partial charge in [-0.2, -0.15) is 5.26 Å². The van der Waals surface area contributed by atoms with Crippen LogP contribution in [0.15, 0.2) is 85.3 Å². The highest BCUT2D eigenvalue weighted by molar-refractivity contribution is 5.83. The van der Waals surface area contributed by atoms with Crippen molar-refractivity contribution in [2.24, 2.45) is 5.41 Å². The van der Waals surface area contributed by atoms with Crippen LogP contribution in [0.4, 0.5) is 5.82 Å². The molecule has 2 saturated heterocycles. The Hall–Kier alpha value is -4.87. The third-order valence-corrected chi connectivity index (χ3v) is 9.41. The van der Waals surface area contributed by atoms with E-state index in [1.165, 1.54) is 22.4 Å². The molecule has 0 N–H and O–H groups in total. The van der Waals surface area contributed by atoms with Crippen LogP contribution in [0, 0.1) is 16.7 Å². The number of anilines is 1. The normalized spacial score (nSPS) is 17.1. The van der Waals surface area contributed by atoms with Crippen LogP contribution in [0.25, 0.3) is 33.9 Å². The number of fused-ring (bicyclic) bond motifs is 3. The van der Waals surface area contributed by atoms with E-state index < -0.39 is 0 Å². The summed E-state index contributed by atoms with van der Waals surface area (Å²) in [5.74, 6) is 2.12. The number of aryl methyl sites for hydroxylation is 1. The van der Waals surface area contributed by atoms with Gasteiger partial charge in [-0.1, -0.05) is 54.6 Å². The number of pyridine rings is 1. The number of hydrogen-bond donors (Lipinski definition) is 0. The van der Waals surface area contributed by atoms with Gasteiger partial charge in [0.05, 0.1) is 11.4 Å². The molecule has 3 aromatic heterocycles. The maximum Gasteiger partial charge on any atom is 0.234 e. The molecule has 0 amide bonds. The Bertz CT molecular complexity index is 1820. The molecule has 8 rings (SSSR count). The fourth-order valence-corrected chi connectivity index (χ4v) is 7.19. The highest BCUT2D eigenvalue weighted by atomic mass is 15.2. The van der Waals surface area contributed by atoms with E-state index in [-0.39, 0.29) is 5.82 Å². The third-order valence-electron chi connectivity index (χ3n) is 9.41. The van der Waals surface area contributed by atoms with E-state index in [1.54, 1.807) is 6.20 Å². The molecule has 8 heteroatoms. The summed E-state index contributed by atoms with van der Waals surface area (Å²) in [6.45, 7) is 6.10. The second-order valence-corrected chi connectivity index (χ2v) is 12.1. The van der Waals surface area contributed by atoms with Gasteiger partial charge in [0.2, 0.25) is 5.82 Å². The zero-order valence-electron chi connectivity index (χ0n) is 24.0. The molecule has 0 radical (unpaired) electrons. The minimum Gasteiger partial charge on any atom is -0.356 e. The van der Waals surface area contributed by atoms with Crippen LogP contribution in [0.1, 0.15) is 29.8 Å². The van der Waals surface area contributed by atoms with E-state index in [0.29, 0.717) is 5.41 Å². The first-order valence-electron chi connectivity index (χ1n) is 15.1. The minimum absolute atomic E-state index is 0.241.